The number of rotatable bonds is 6. The molecule has 0 radical (unpaired) electrons. The average molecular weight is 418 g/mol. The van der Waals surface area contributed by atoms with Gasteiger partial charge in [-0.3, -0.25) is 9.59 Å². The quantitative estimate of drug-likeness (QED) is 0.635. The van der Waals surface area contributed by atoms with Crippen LogP contribution in [-0.2, 0) is 6.42 Å². The molecule has 1 aliphatic heterocycles. The first-order valence-corrected chi connectivity index (χ1v) is 10.5. The number of nitrogens with one attached hydrogen (secondary N) is 2. The van der Waals surface area contributed by atoms with Crippen molar-refractivity contribution < 1.29 is 14.3 Å². The molecule has 3 aromatic rings. The Hall–Kier alpha value is -3.54. The van der Waals surface area contributed by atoms with Crippen LogP contribution in [-0.4, -0.2) is 24.1 Å². The molecule has 2 heterocycles. The largest absolute Gasteiger partial charge is 0.486 e. The molecule has 1 atom stereocenters. The van der Waals surface area contributed by atoms with Gasteiger partial charge >= 0.3 is 0 Å². The minimum atomic E-state index is -0.410. The van der Waals surface area contributed by atoms with Gasteiger partial charge in [0.1, 0.15) is 18.8 Å². The summed E-state index contributed by atoms with van der Waals surface area (Å²) >= 11 is 0. The molecule has 2 N–H and O–H groups in total. The van der Waals surface area contributed by atoms with Crippen LogP contribution in [0.5, 0.6) is 11.5 Å². The second kappa shape index (κ2) is 9.08. The summed E-state index contributed by atoms with van der Waals surface area (Å²) in [5, 5.41) is 3.04. The highest BCUT2D eigenvalue weighted by Gasteiger charge is 2.21. The Morgan fingerprint density at radius 2 is 1.74 bits per heavy atom. The number of ether oxygens (including phenoxy) is 2. The van der Waals surface area contributed by atoms with E-state index in [0.717, 1.165) is 16.8 Å². The zero-order valence-corrected chi connectivity index (χ0v) is 17.7. The lowest BCUT2D eigenvalue weighted by Crippen LogP contribution is -2.34. The van der Waals surface area contributed by atoms with Crippen LogP contribution < -0.4 is 20.3 Å². The Morgan fingerprint density at radius 3 is 2.45 bits per heavy atom. The molecule has 2 aromatic carbocycles. The van der Waals surface area contributed by atoms with Crippen LogP contribution in [0.4, 0.5) is 0 Å². The molecule has 1 amide bonds. The lowest BCUT2D eigenvalue weighted by atomic mass is 9.97. The predicted molar refractivity (Wildman–Crippen MR) is 119 cm³/mol. The molecule has 6 nitrogen and oxygen atoms in total. The molecule has 0 unspecified atom stereocenters. The molecule has 1 aliphatic rings. The second-order valence-corrected chi connectivity index (χ2v) is 7.93. The summed E-state index contributed by atoms with van der Waals surface area (Å²) in [7, 11) is 0. The number of benzene rings is 2. The standard InChI is InChI=1S/C25H26N2O4/c1-16(2)20-10-9-19(24(28)26-20)25(29)27-21(14-17-6-4-3-5-7-17)18-8-11-22-23(15-18)31-13-12-30-22/h3-11,15-16,21H,12-14H2,1-2H3,(H,26,28)(H,27,29)/t21-/m0/s1. The number of pyridine rings is 1. The number of H-pyrrole nitrogens is 1. The number of fused-ring (bicyclic) bond motifs is 1. The molecule has 4 rings (SSSR count). The molecule has 0 spiro atoms. The summed E-state index contributed by atoms with van der Waals surface area (Å²) in [5.74, 6) is 1.12. The molecule has 0 saturated heterocycles. The van der Waals surface area contributed by atoms with Crippen molar-refractivity contribution in [2.45, 2.75) is 32.2 Å². The van der Waals surface area contributed by atoms with Gasteiger partial charge in [-0.15, -0.1) is 0 Å². The normalized spacial score (nSPS) is 13.6. The summed E-state index contributed by atoms with van der Waals surface area (Å²) in [6, 6.07) is 18.6. The number of aromatic nitrogens is 1. The summed E-state index contributed by atoms with van der Waals surface area (Å²) in [6.07, 6.45) is 0.578. The highest BCUT2D eigenvalue weighted by atomic mass is 16.6. The second-order valence-electron chi connectivity index (χ2n) is 7.93. The van der Waals surface area contributed by atoms with Crippen LogP contribution in [0.15, 0.2) is 65.5 Å². The van der Waals surface area contributed by atoms with E-state index in [1.165, 1.54) is 0 Å². The Kier molecular flexibility index (Phi) is 6.07. The van der Waals surface area contributed by atoms with Crippen LogP contribution in [0.25, 0.3) is 0 Å². The lowest BCUT2D eigenvalue weighted by molar-refractivity contribution is 0.0934. The minimum absolute atomic E-state index is 0.0972. The average Bonchev–Trinajstić information content (AvgIpc) is 2.78. The van der Waals surface area contributed by atoms with Gasteiger partial charge in [-0.25, -0.2) is 0 Å². The molecule has 0 aliphatic carbocycles. The number of carbonyl (C=O) groups is 1. The first-order chi connectivity index (χ1) is 15.0. The number of hydrogen-bond donors (Lipinski definition) is 2. The summed E-state index contributed by atoms with van der Waals surface area (Å²) < 4.78 is 11.3. The van der Waals surface area contributed by atoms with Crippen molar-refractivity contribution in [3.63, 3.8) is 0 Å². The Labute approximate surface area is 181 Å². The maximum Gasteiger partial charge on any atom is 0.261 e. The smallest absolute Gasteiger partial charge is 0.261 e. The van der Waals surface area contributed by atoms with Gasteiger partial charge in [-0.1, -0.05) is 50.2 Å². The highest BCUT2D eigenvalue weighted by molar-refractivity contribution is 5.94. The fourth-order valence-electron chi connectivity index (χ4n) is 3.62. The SMILES string of the molecule is CC(C)c1ccc(C(=O)N[C@@H](Cc2ccccc2)c2ccc3c(c2)OCCO3)c(=O)[nH]1. The van der Waals surface area contributed by atoms with Crippen LogP contribution in [0.1, 0.15) is 53.0 Å². The van der Waals surface area contributed by atoms with Crippen molar-refractivity contribution in [3.05, 3.63) is 93.4 Å². The third-order valence-corrected chi connectivity index (χ3v) is 5.36. The van der Waals surface area contributed by atoms with E-state index in [2.05, 4.69) is 10.3 Å². The van der Waals surface area contributed by atoms with Crippen molar-refractivity contribution in [1.29, 1.82) is 0 Å². The maximum absolute atomic E-state index is 13.0. The summed E-state index contributed by atoms with van der Waals surface area (Å²) in [5.41, 5.74) is 2.47. The Bertz CT molecular complexity index is 1120. The van der Waals surface area contributed by atoms with Gasteiger partial charge in [0.2, 0.25) is 0 Å². The Balaban J connectivity index is 1.63. The molecule has 0 saturated carbocycles. The van der Waals surface area contributed by atoms with Crippen molar-refractivity contribution >= 4 is 5.91 Å². The van der Waals surface area contributed by atoms with Gasteiger partial charge < -0.3 is 19.8 Å². The number of aromatic amines is 1. The Morgan fingerprint density at radius 1 is 1.00 bits per heavy atom. The van der Waals surface area contributed by atoms with E-state index in [1.807, 2.05) is 62.4 Å². The first kappa shape index (κ1) is 20.7. The van der Waals surface area contributed by atoms with Crippen molar-refractivity contribution in [2.75, 3.05) is 13.2 Å². The third-order valence-electron chi connectivity index (χ3n) is 5.36. The fraction of sp³-hybridized carbons (Fsp3) is 0.280. The third kappa shape index (κ3) is 4.79. The highest BCUT2D eigenvalue weighted by Crippen LogP contribution is 2.33. The zero-order valence-electron chi connectivity index (χ0n) is 17.7. The van der Waals surface area contributed by atoms with Gasteiger partial charge in [0, 0.05) is 5.69 Å². The molecule has 160 valence electrons. The van der Waals surface area contributed by atoms with Gasteiger partial charge in [0.15, 0.2) is 11.5 Å². The monoisotopic (exact) mass is 418 g/mol. The van der Waals surface area contributed by atoms with E-state index < -0.39 is 5.91 Å². The van der Waals surface area contributed by atoms with Gasteiger partial charge in [0.05, 0.1) is 6.04 Å². The van der Waals surface area contributed by atoms with E-state index in [0.29, 0.717) is 31.1 Å². The van der Waals surface area contributed by atoms with E-state index in [1.54, 1.807) is 12.1 Å². The number of carbonyl (C=O) groups excluding carboxylic acids is 1. The number of amides is 1. The molecule has 31 heavy (non-hydrogen) atoms. The maximum atomic E-state index is 13.0. The molecule has 6 heteroatoms. The predicted octanol–water partition coefficient (Wildman–Crippen LogP) is 3.98. The molecule has 1 aromatic heterocycles. The lowest BCUT2D eigenvalue weighted by Gasteiger charge is -2.23. The molecule has 0 bridgehead atoms. The summed E-state index contributed by atoms with van der Waals surface area (Å²) in [6.45, 7) is 4.99. The van der Waals surface area contributed by atoms with Crippen LogP contribution >= 0.6 is 0 Å². The van der Waals surface area contributed by atoms with Crippen molar-refractivity contribution in [2.24, 2.45) is 0 Å². The van der Waals surface area contributed by atoms with E-state index in [9.17, 15) is 9.59 Å². The van der Waals surface area contributed by atoms with Crippen molar-refractivity contribution in [1.82, 2.24) is 10.3 Å². The minimum Gasteiger partial charge on any atom is -0.486 e. The topological polar surface area (TPSA) is 80.4 Å². The van der Waals surface area contributed by atoms with Crippen LogP contribution in [0, 0.1) is 0 Å². The van der Waals surface area contributed by atoms with Gasteiger partial charge in [0.25, 0.3) is 11.5 Å². The van der Waals surface area contributed by atoms with Crippen molar-refractivity contribution in [3.8, 4) is 11.5 Å². The first-order valence-electron chi connectivity index (χ1n) is 10.5. The molecule has 0 fully saturated rings. The van der Waals surface area contributed by atoms with Gasteiger partial charge in [-0.05, 0) is 47.7 Å². The van der Waals surface area contributed by atoms with E-state index in [4.69, 9.17) is 9.47 Å². The van der Waals surface area contributed by atoms with Crippen LogP contribution in [0.3, 0.4) is 0 Å². The van der Waals surface area contributed by atoms with Gasteiger partial charge in [-0.2, -0.15) is 0 Å². The summed E-state index contributed by atoms with van der Waals surface area (Å²) in [4.78, 5) is 28.3. The van der Waals surface area contributed by atoms with E-state index >= 15 is 0 Å². The molecular weight excluding hydrogens is 392 g/mol. The van der Waals surface area contributed by atoms with Crippen LogP contribution in [0.2, 0.25) is 0 Å². The molecular formula is C25H26N2O4. The number of hydrogen-bond acceptors (Lipinski definition) is 4. The fourth-order valence-corrected chi connectivity index (χ4v) is 3.62. The zero-order chi connectivity index (χ0) is 21.8. The van der Waals surface area contributed by atoms with E-state index in [-0.39, 0.29) is 23.1 Å².